The summed E-state index contributed by atoms with van der Waals surface area (Å²) in [6.45, 7) is -0.455. The van der Waals surface area contributed by atoms with Gasteiger partial charge in [-0.25, -0.2) is 27.2 Å². The van der Waals surface area contributed by atoms with Gasteiger partial charge in [0.1, 0.15) is 24.5 Å². The van der Waals surface area contributed by atoms with Gasteiger partial charge in [-0.05, 0) is 18.6 Å². The SMILES string of the molecule is O=C(Cn1cnc2c(ncn2C2CCS(=O)(=O)C2)c1=O)Nc1ccc(F)cc1F. The zero-order chi connectivity index (χ0) is 20.8. The van der Waals surface area contributed by atoms with Gasteiger partial charge >= 0.3 is 0 Å². The van der Waals surface area contributed by atoms with E-state index >= 15 is 0 Å². The molecule has 0 saturated carbocycles. The number of nitrogens with one attached hydrogen (secondary N) is 1. The molecule has 1 atom stereocenters. The van der Waals surface area contributed by atoms with E-state index in [9.17, 15) is 26.8 Å². The average Bonchev–Trinajstić information content (AvgIpc) is 3.23. The van der Waals surface area contributed by atoms with E-state index in [1.165, 1.54) is 6.33 Å². The first-order valence-electron chi connectivity index (χ1n) is 8.61. The molecule has 1 aromatic carbocycles. The maximum absolute atomic E-state index is 13.7. The van der Waals surface area contributed by atoms with Crippen molar-refractivity contribution >= 4 is 32.6 Å². The lowest BCUT2D eigenvalue weighted by Gasteiger charge is -2.11. The Balaban J connectivity index is 1.57. The Labute approximate surface area is 162 Å². The summed E-state index contributed by atoms with van der Waals surface area (Å²) in [5, 5.41) is 2.26. The molecule has 2 aromatic heterocycles. The van der Waals surface area contributed by atoms with E-state index in [0.717, 1.165) is 23.0 Å². The lowest BCUT2D eigenvalue weighted by molar-refractivity contribution is -0.116. The van der Waals surface area contributed by atoms with Crippen LogP contribution >= 0.6 is 0 Å². The van der Waals surface area contributed by atoms with E-state index < -0.39 is 39.5 Å². The molecule has 1 amide bonds. The molecule has 1 saturated heterocycles. The normalized spacial score (nSPS) is 18.2. The van der Waals surface area contributed by atoms with E-state index in [-0.39, 0.29) is 34.4 Å². The third-order valence-electron chi connectivity index (χ3n) is 4.67. The Hall–Kier alpha value is -3.15. The van der Waals surface area contributed by atoms with Gasteiger partial charge in [-0.1, -0.05) is 0 Å². The van der Waals surface area contributed by atoms with E-state index in [0.29, 0.717) is 12.5 Å². The Bertz CT molecular complexity index is 1280. The van der Waals surface area contributed by atoms with Gasteiger partial charge in [0.15, 0.2) is 21.0 Å². The largest absolute Gasteiger partial charge is 0.322 e. The fourth-order valence-electron chi connectivity index (χ4n) is 3.26. The van der Waals surface area contributed by atoms with Crippen molar-refractivity contribution in [1.29, 1.82) is 0 Å². The van der Waals surface area contributed by atoms with Crippen LogP contribution in [-0.4, -0.2) is 44.9 Å². The Morgan fingerprint density at radius 1 is 1.24 bits per heavy atom. The summed E-state index contributed by atoms with van der Waals surface area (Å²) in [5.74, 6) is -2.41. The molecule has 152 valence electrons. The minimum atomic E-state index is -3.13. The molecule has 0 aliphatic carbocycles. The summed E-state index contributed by atoms with van der Waals surface area (Å²) in [7, 11) is -3.13. The van der Waals surface area contributed by atoms with Crippen molar-refractivity contribution in [3.05, 3.63) is 52.8 Å². The van der Waals surface area contributed by atoms with Crippen LogP contribution < -0.4 is 10.9 Å². The van der Waals surface area contributed by atoms with Crippen LogP contribution in [0.15, 0.2) is 35.6 Å². The number of halogens is 2. The zero-order valence-electron chi connectivity index (χ0n) is 14.9. The number of rotatable bonds is 4. The number of benzene rings is 1. The summed E-state index contributed by atoms with van der Waals surface area (Å²) in [5.41, 5.74) is -0.578. The van der Waals surface area contributed by atoms with Crippen LogP contribution in [0.4, 0.5) is 14.5 Å². The highest BCUT2D eigenvalue weighted by molar-refractivity contribution is 7.91. The molecule has 1 unspecified atom stereocenters. The molecule has 0 bridgehead atoms. The monoisotopic (exact) mass is 423 g/mol. The molecule has 1 aliphatic rings. The smallest absolute Gasteiger partial charge is 0.281 e. The molecular weight excluding hydrogens is 408 g/mol. The second kappa shape index (κ2) is 7.03. The molecule has 9 nitrogen and oxygen atoms in total. The van der Waals surface area contributed by atoms with Gasteiger partial charge in [-0.3, -0.25) is 14.2 Å². The van der Waals surface area contributed by atoms with Crippen LogP contribution in [0.3, 0.4) is 0 Å². The highest BCUT2D eigenvalue weighted by Crippen LogP contribution is 2.25. The van der Waals surface area contributed by atoms with Crippen molar-refractivity contribution in [2.75, 3.05) is 16.8 Å². The number of carbonyl (C=O) groups is 1. The lowest BCUT2D eigenvalue weighted by Crippen LogP contribution is -2.28. The molecule has 0 spiro atoms. The van der Waals surface area contributed by atoms with E-state index in [2.05, 4.69) is 15.3 Å². The first-order valence-corrected chi connectivity index (χ1v) is 10.4. The van der Waals surface area contributed by atoms with Crippen LogP contribution in [0, 0.1) is 11.6 Å². The van der Waals surface area contributed by atoms with Gasteiger partial charge in [0, 0.05) is 6.07 Å². The number of carbonyl (C=O) groups excluding carboxylic acids is 1. The molecular formula is C17H15F2N5O4S. The second-order valence-corrected chi connectivity index (χ2v) is 8.96. The van der Waals surface area contributed by atoms with Crippen molar-refractivity contribution in [2.45, 2.75) is 19.0 Å². The number of sulfone groups is 1. The number of hydrogen-bond acceptors (Lipinski definition) is 6. The summed E-state index contributed by atoms with van der Waals surface area (Å²) in [4.78, 5) is 32.9. The fourth-order valence-corrected chi connectivity index (χ4v) is 4.97. The molecule has 1 aliphatic heterocycles. The second-order valence-electron chi connectivity index (χ2n) is 6.73. The lowest BCUT2D eigenvalue weighted by atomic mass is 10.2. The Kier molecular flexibility index (Phi) is 4.65. The standard InChI is InChI=1S/C17H15F2N5O4S/c18-10-1-2-13(12(19)5-10)22-14(25)6-23-8-21-16-15(17(23)26)20-9-24(16)11-3-4-29(27,28)7-11/h1-2,5,8-9,11H,3-4,6-7H2,(H,22,25). The fraction of sp³-hybridized carbons (Fsp3) is 0.294. The van der Waals surface area contributed by atoms with Gasteiger partial charge in [0.05, 0.1) is 29.6 Å². The van der Waals surface area contributed by atoms with E-state index in [1.54, 1.807) is 4.57 Å². The molecule has 1 fully saturated rings. The summed E-state index contributed by atoms with van der Waals surface area (Å²) >= 11 is 0. The molecule has 4 rings (SSSR count). The van der Waals surface area contributed by atoms with Crippen molar-refractivity contribution < 1.29 is 22.0 Å². The van der Waals surface area contributed by atoms with Crippen molar-refractivity contribution in [1.82, 2.24) is 19.1 Å². The predicted molar refractivity (Wildman–Crippen MR) is 99.1 cm³/mol. The van der Waals surface area contributed by atoms with Crippen LogP contribution in [0.1, 0.15) is 12.5 Å². The third kappa shape index (κ3) is 3.75. The molecule has 1 N–H and O–H groups in total. The number of nitrogens with zero attached hydrogens (tertiary/aromatic N) is 4. The van der Waals surface area contributed by atoms with Crippen molar-refractivity contribution in [3.63, 3.8) is 0 Å². The van der Waals surface area contributed by atoms with Gasteiger partial charge in [0.25, 0.3) is 5.56 Å². The number of aromatic nitrogens is 4. The molecule has 3 heterocycles. The Morgan fingerprint density at radius 2 is 2.03 bits per heavy atom. The zero-order valence-corrected chi connectivity index (χ0v) is 15.7. The van der Waals surface area contributed by atoms with Crippen LogP contribution in [0.2, 0.25) is 0 Å². The van der Waals surface area contributed by atoms with E-state index in [4.69, 9.17) is 0 Å². The van der Waals surface area contributed by atoms with Gasteiger partial charge in [-0.15, -0.1) is 0 Å². The third-order valence-corrected chi connectivity index (χ3v) is 6.42. The highest BCUT2D eigenvalue weighted by atomic mass is 32.2. The predicted octanol–water partition coefficient (Wildman–Crippen LogP) is 0.869. The summed E-state index contributed by atoms with van der Waals surface area (Å²) in [6, 6.07) is 2.35. The Morgan fingerprint density at radius 3 is 2.72 bits per heavy atom. The summed E-state index contributed by atoms with van der Waals surface area (Å²) in [6.07, 6.45) is 2.92. The van der Waals surface area contributed by atoms with Gasteiger partial charge in [-0.2, -0.15) is 0 Å². The maximum atomic E-state index is 13.7. The highest BCUT2D eigenvalue weighted by Gasteiger charge is 2.30. The van der Waals surface area contributed by atoms with Crippen LogP contribution in [0.5, 0.6) is 0 Å². The topological polar surface area (TPSA) is 116 Å². The number of imidazole rings is 1. The van der Waals surface area contributed by atoms with Crippen LogP contribution in [-0.2, 0) is 21.2 Å². The number of hydrogen-bond donors (Lipinski definition) is 1. The van der Waals surface area contributed by atoms with Crippen molar-refractivity contribution in [3.8, 4) is 0 Å². The van der Waals surface area contributed by atoms with Crippen molar-refractivity contribution in [2.24, 2.45) is 0 Å². The van der Waals surface area contributed by atoms with Gasteiger partial charge < -0.3 is 9.88 Å². The number of amides is 1. The van der Waals surface area contributed by atoms with Crippen LogP contribution in [0.25, 0.3) is 11.2 Å². The molecule has 12 heteroatoms. The number of fused-ring (bicyclic) bond motifs is 1. The van der Waals surface area contributed by atoms with Gasteiger partial charge in [0.2, 0.25) is 5.91 Å². The minimum Gasteiger partial charge on any atom is -0.322 e. The number of anilines is 1. The first-order chi connectivity index (χ1) is 13.7. The minimum absolute atomic E-state index is 0.00226. The maximum Gasteiger partial charge on any atom is 0.281 e. The molecule has 29 heavy (non-hydrogen) atoms. The van der Waals surface area contributed by atoms with E-state index in [1.807, 2.05) is 0 Å². The quantitative estimate of drug-likeness (QED) is 0.666. The average molecular weight is 423 g/mol. The molecule has 0 radical (unpaired) electrons. The molecule has 3 aromatic rings. The summed E-state index contributed by atoms with van der Waals surface area (Å²) < 4.78 is 52.5. The first kappa shape index (κ1) is 19.2.